The molecule has 2 heteroatoms. The van der Waals surface area contributed by atoms with Crippen molar-refractivity contribution in [3.05, 3.63) is 36.4 Å². The lowest BCUT2D eigenvalue weighted by Crippen LogP contribution is -2.02. The molecular formula is C12H17NO. The summed E-state index contributed by atoms with van der Waals surface area (Å²) in [6, 6.07) is 7.94. The van der Waals surface area contributed by atoms with Crippen LogP contribution >= 0.6 is 0 Å². The second kappa shape index (κ2) is 5.32. The van der Waals surface area contributed by atoms with E-state index in [2.05, 4.69) is 11.9 Å². The van der Waals surface area contributed by atoms with Gasteiger partial charge in [-0.3, -0.25) is 0 Å². The predicted molar refractivity (Wildman–Crippen MR) is 60.9 cm³/mol. The Bertz CT molecular complexity index is 307. The first-order valence-corrected chi connectivity index (χ1v) is 4.83. The third-order valence-corrected chi connectivity index (χ3v) is 1.74. The maximum atomic E-state index is 5.39. The minimum absolute atomic E-state index is 0.698. The van der Waals surface area contributed by atoms with Crippen LogP contribution in [0.4, 0.5) is 5.69 Å². The van der Waals surface area contributed by atoms with Crippen LogP contribution in [-0.2, 0) is 0 Å². The smallest absolute Gasteiger partial charge is 0.121 e. The van der Waals surface area contributed by atoms with Crippen molar-refractivity contribution < 1.29 is 4.74 Å². The lowest BCUT2D eigenvalue weighted by atomic mass is 10.3. The van der Waals surface area contributed by atoms with Gasteiger partial charge < -0.3 is 10.1 Å². The third kappa shape index (κ3) is 3.52. The van der Waals surface area contributed by atoms with Gasteiger partial charge in [0, 0.05) is 18.3 Å². The van der Waals surface area contributed by atoms with Gasteiger partial charge in [-0.2, -0.15) is 0 Å². The Balaban J connectivity index is 2.58. The van der Waals surface area contributed by atoms with Crippen LogP contribution in [0.3, 0.4) is 0 Å². The SMILES string of the molecule is C=C(C)CNc1cccc(OCC)c1. The van der Waals surface area contributed by atoms with Gasteiger partial charge in [0.1, 0.15) is 5.75 Å². The summed E-state index contributed by atoms with van der Waals surface area (Å²) in [5.41, 5.74) is 2.19. The Kier molecular flexibility index (Phi) is 4.05. The summed E-state index contributed by atoms with van der Waals surface area (Å²) in [5.74, 6) is 0.902. The Hall–Kier alpha value is -1.44. The second-order valence-electron chi connectivity index (χ2n) is 3.27. The average Bonchev–Trinajstić information content (AvgIpc) is 2.16. The number of anilines is 1. The van der Waals surface area contributed by atoms with Gasteiger partial charge >= 0.3 is 0 Å². The highest BCUT2D eigenvalue weighted by Crippen LogP contribution is 2.17. The Morgan fingerprint density at radius 1 is 1.50 bits per heavy atom. The molecule has 0 aliphatic heterocycles. The summed E-state index contributed by atoms with van der Waals surface area (Å²) >= 11 is 0. The number of ether oxygens (including phenoxy) is 1. The zero-order valence-corrected chi connectivity index (χ0v) is 8.84. The molecule has 14 heavy (non-hydrogen) atoms. The standard InChI is InChI=1S/C12H17NO/c1-4-14-12-7-5-6-11(8-12)13-9-10(2)3/h5-8,13H,2,4,9H2,1,3H3. The van der Waals surface area contributed by atoms with E-state index in [-0.39, 0.29) is 0 Å². The molecule has 0 saturated heterocycles. The summed E-state index contributed by atoms with van der Waals surface area (Å²) in [6.07, 6.45) is 0. The maximum absolute atomic E-state index is 5.39. The van der Waals surface area contributed by atoms with Gasteiger partial charge in [0.2, 0.25) is 0 Å². The van der Waals surface area contributed by atoms with Crippen molar-refractivity contribution in [3.8, 4) is 5.75 Å². The first kappa shape index (κ1) is 10.6. The molecule has 1 aromatic rings. The van der Waals surface area contributed by atoms with E-state index in [1.54, 1.807) is 0 Å². The van der Waals surface area contributed by atoms with E-state index in [4.69, 9.17) is 4.74 Å². The Morgan fingerprint density at radius 3 is 2.93 bits per heavy atom. The fourth-order valence-corrected chi connectivity index (χ4v) is 1.12. The fraction of sp³-hybridized carbons (Fsp3) is 0.333. The zero-order chi connectivity index (χ0) is 10.4. The predicted octanol–water partition coefficient (Wildman–Crippen LogP) is 3.07. The molecule has 0 amide bonds. The molecule has 0 aliphatic rings. The van der Waals surface area contributed by atoms with Crippen LogP contribution in [-0.4, -0.2) is 13.2 Å². The van der Waals surface area contributed by atoms with Gasteiger partial charge in [0.15, 0.2) is 0 Å². The highest BCUT2D eigenvalue weighted by Gasteiger charge is 1.94. The molecule has 0 aliphatic carbocycles. The van der Waals surface area contributed by atoms with Crippen LogP contribution in [0.5, 0.6) is 5.75 Å². The fourth-order valence-electron chi connectivity index (χ4n) is 1.12. The number of hydrogen-bond donors (Lipinski definition) is 1. The molecular weight excluding hydrogens is 174 g/mol. The van der Waals surface area contributed by atoms with E-state index in [0.717, 1.165) is 23.6 Å². The van der Waals surface area contributed by atoms with Crippen LogP contribution in [0.2, 0.25) is 0 Å². The lowest BCUT2D eigenvalue weighted by molar-refractivity contribution is 0.340. The van der Waals surface area contributed by atoms with Crippen molar-refractivity contribution in [3.63, 3.8) is 0 Å². The quantitative estimate of drug-likeness (QED) is 0.722. The van der Waals surface area contributed by atoms with Gasteiger partial charge in [0.25, 0.3) is 0 Å². The van der Waals surface area contributed by atoms with E-state index >= 15 is 0 Å². The molecule has 0 unspecified atom stereocenters. The van der Waals surface area contributed by atoms with Gasteiger partial charge in [-0.25, -0.2) is 0 Å². The minimum Gasteiger partial charge on any atom is -0.494 e. The van der Waals surface area contributed by atoms with Crippen molar-refractivity contribution in [1.29, 1.82) is 0 Å². The van der Waals surface area contributed by atoms with Crippen molar-refractivity contribution >= 4 is 5.69 Å². The van der Waals surface area contributed by atoms with E-state index in [0.29, 0.717) is 6.61 Å². The maximum Gasteiger partial charge on any atom is 0.121 e. The van der Waals surface area contributed by atoms with Crippen LogP contribution < -0.4 is 10.1 Å². The highest BCUT2D eigenvalue weighted by molar-refractivity contribution is 5.48. The summed E-state index contributed by atoms with van der Waals surface area (Å²) in [7, 11) is 0. The monoisotopic (exact) mass is 191 g/mol. The summed E-state index contributed by atoms with van der Waals surface area (Å²) < 4.78 is 5.39. The van der Waals surface area contributed by atoms with Gasteiger partial charge in [-0.15, -0.1) is 0 Å². The van der Waals surface area contributed by atoms with E-state index in [9.17, 15) is 0 Å². The number of hydrogen-bond acceptors (Lipinski definition) is 2. The molecule has 1 rings (SSSR count). The van der Waals surface area contributed by atoms with E-state index in [1.165, 1.54) is 0 Å². The number of nitrogens with one attached hydrogen (secondary N) is 1. The van der Waals surface area contributed by atoms with Crippen LogP contribution in [0, 0.1) is 0 Å². The largest absolute Gasteiger partial charge is 0.494 e. The molecule has 1 N–H and O–H groups in total. The molecule has 0 saturated carbocycles. The van der Waals surface area contributed by atoms with Crippen molar-refractivity contribution in [2.75, 3.05) is 18.5 Å². The second-order valence-corrected chi connectivity index (χ2v) is 3.27. The summed E-state index contributed by atoms with van der Waals surface area (Å²) in [4.78, 5) is 0. The molecule has 76 valence electrons. The Labute approximate surface area is 85.6 Å². The van der Waals surface area contributed by atoms with Crippen molar-refractivity contribution in [2.45, 2.75) is 13.8 Å². The van der Waals surface area contributed by atoms with Gasteiger partial charge in [-0.05, 0) is 26.0 Å². The molecule has 2 nitrogen and oxygen atoms in total. The van der Waals surface area contributed by atoms with Gasteiger partial charge in [-0.1, -0.05) is 18.2 Å². The van der Waals surface area contributed by atoms with E-state index in [1.807, 2.05) is 38.1 Å². The van der Waals surface area contributed by atoms with Crippen molar-refractivity contribution in [2.24, 2.45) is 0 Å². The van der Waals surface area contributed by atoms with Gasteiger partial charge in [0.05, 0.1) is 6.61 Å². The molecule has 0 spiro atoms. The minimum atomic E-state index is 0.698. The summed E-state index contributed by atoms with van der Waals surface area (Å²) in [5, 5.41) is 3.26. The molecule has 0 heterocycles. The van der Waals surface area contributed by atoms with Crippen molar-refractivity contribution in [1.82, 2.24) is 0 Å². The number of benzene rings is 1. The topological polar surface area (TPSA) is 21.3 Å². The lowest BCUT2D eigenvalue weighted by Gasteiger charge is -2.08. The first-order valence-electron chi connectivity index (χ1n) is 4.83. The molecule has 0 fully saturated rings. The molecule has 0 bridgehead atoms. The Morgan fingerprint density at radius 2 is 2.29 bits per heavy atom. The zero-order valence-electron chi connectivity index (χ0n) is 8.84. The molecule has 0 radical (unpaired) electrons. The molecule has 0 atom stereocenters. The highest BCUT2D eigenvalue weighted by atomic mass is 16.5. The van der Waals surface area contributed by atoms with E-state index < -0.39 is 0 Å². The summed E-state index contributed by atoms with van der Waals surface area (Å²) in [6.45, 7) is 9.31. The number of rotatable bonds is 5. The third-order valence-electron chi connectivity index (χ3n) is 1.74. The molecule has 1 aromatic carbocycles. The first-order chi connectivity index (χ1) is 6.72. The van der Waals surface area contributed by atoms with Crippen LogP contribution in [0.25, 0.3) is 0 Å². The van der Waals surface area contributed by atoms with Crippen LogP contribution in [0.15, 0.2) is 36.4 Å². The average molecular weight is 191 g/mol. The molecule has 0 aromatic heterocycles. The van der Waals surface area contributed by atoms with Crippen LogP contribution in [0.1, 0.15) is 13.8 Å². The normalized spacial score (nSPS) is 9.57.